The van der Waals surface area contributed by atoms with Crippen LogP contribution in [0.2, 0.25) is 0 Å². The molecule has 0 heterocycles. The van der Waals surface area contributed by atoms with Crippen LogP contribution < -0.4 is 4.74 Å². The van der Waals surface area contributed by atoms with Gasteiger partial charge in [0.2, 0.25) is 0 Å². The SMILES string of the molecule is C=C(C)C(C=C(C)C)Cc1c(O)cc(OC)c(C(=O)C=Cc2ccc(O)cc2O)c1O. The van der Waals surface area contributed by atoms with Crippen molar-refractivity contribution in [1.29, 1.82) is 0 Å². The quantitative estimate of drug-likeness (QED) is 0.266. The van der Waals surface area contributed by atoms with Crippen molar-refractivity contribution < 1.29 is 30.0 Å². The van der Waals surface area contributed by atoms with E-state index in [9.17, 15) is 25.2 Å². The second kappa shape index (κ2) is 9.89. The summed E-state index contributed by atoms with van der Waals surface area (Å²) >= 11 is 0. The van der Waals surface area contributed by atoms with Crippen LogP contribution in [0.5, 0.6) is 28.7 Å². The summed E-state index contributed by atoms with van der Waals surface area (Å²) in [6.45, 7) is 9.74. The van der Waals surface area contributed by atoms with E-state index in [1.54, 1.807) is 0 Å². The number of carbonyl (C=O) groups excluding carboxylic acids is 1. The summed E-state index contributed by atoms with van der Waals surface area (Å²) in [7, 11) is 1.33. The molecule has 0 saturated heterocycles. The molecule has 1 atom stereocenters. The number of phenolic OH excluding ortho intramolecular Hbond substituents is 4. The van der Waals surface area contributed by atoms with Gasteiger partial charge in [0, 0.05) is 29.2 Å². The van der Waals surface area contributed by atoms with Gasteiger partial charge < -0.3 is 25.2 Å². The minimum absolute atomic E-state index is 0.0254. The molecule has 4 N–H and O–H groups in total. The number of allylic oxidation sites excluding steroid dienone is 4. The molecule has 0 aliphatic heterocycles. The summed E-state index contributed by atoms with van der Waals surface area (Å²) in [5.74, 6) is -1.53. The monoisotopic (exact) mass is 424 g/mol. The number of rotatable bonds is 8. The third kappa shape index (κ3) is 5.69. The molecule has 2 rings (SSSR count). The van der Waals surface area contributed by atoms with Gasteiger partial charge in [-0.25, -0.2) is 0 Å². The average Bonchev–Trinajstić information content (AvgIpc) is 2.68. The van der Waals surface area contributed by atoms with Crippen LogP contribution in [-0.4, -0.2) is 33.3 Å². The normalized spacial score (nSPS) is 11.9. The van der Waals surface area contributed by atoms with E-state index in [2.05, 4.69) is 6.58 Å². The standard InChI is InChI=1S/C25H28O6/c1-14(2)10-17(15(3)4)11-19-22(29)13-23(31-5)24(25(19)30)20(27)9-7-16-6-8-18(26)12-21(16)28/h6-10,12-13,17,26,28-30H,3,11H2,1-2,4-5H3. The first-order chi connectivity index (χ1) is 14.5. The lowest BCUT2D eigenvalue weighted by atomic mass is 9.89. The van der Waals surface area contributed by atoms with E-state index in [1.165, 1.54) is 37.5 Å². The van der Waals surface area contributed by atoms with E-state index in [1.807, 2.05) is 26.8 Å². The molecule has 6 nitrogen and oxygen atoms in total. The Kier molecular flexibility index (Phi) is 7.53. The lowest BCUT2D eigenvalue weighted by Crippen LogP contribution is -2.07. The molecule has 0 aliphatic carbocycles. The third-order valence-corrected chi connectivity index (χ3v) is 4.83. The number of carbonyl (C=O) groups is 1. The number of aromatic hydroxyl groups is 4. The van der Waals surface area contributed by atoms with Crippen molar-refractivity contribution in [3.8, 4) is 28.7 Å². The Morgan fingerprint density at radius 2 is 1.77 bits per heavy atom. The van der Waals surface area contributed by atoms with Crippen molar-refractivity contribution in [1.82, 2.24) is 0 Å². The molecule has 0 bridgehead atoms. The largest absolute Gasteiger partial charge is 0.508 e. The fourth-order valence-electron chi connectivity index (χ4n) is 3.19. The van der Waals surface area contributed by atoms with Gasteiger partial charge in [0.25, 0.3) is 0 Å². The number of benzene rings is 2. The average molecular weight is 424 g/mol. The Labute approximate surface area is 182 Å². The molecule has 6 heteroatoms. The first kappa shape index (κ1) is 23.6. The lowest BCUT2D eigenvalue weighted by molar-refractivity contribution is 0.104. The van der Waals surface area contributed by atoms with Gasteiger partial charge in [0.05, 0.1) is 7.11 Å². The molecular formula is C25H28O6. The first-order valence-electron chi connectivity index (χ1n) is 9.71. The maximum Gasteiger partial charge on any atom is 0.193 e. The van der Waals surface area contributed by atoms with E-state index in [4.69, 9.17) is 4.74 Å². The topological polar surface area (TPSA) is 107 Å². The number of hydrogen-bond donors (Lipinski definition) is 4. The molecule has 0 amide bonds. The maximum absolute atomic E-state index is 12.9. The van der Waals surface area contributed by atoms with Crippen LogP contribution in [0.15, 0.2) is 54.1 Å². The molecule has 1 unspecified atom stereocenters. The van der Waals surface area contributed by atoms with E-state index in [0.29, 0.717) is 5.56 Å². The minimum atomic E-state index is -0.572. The predicted molar refractivity (Wildman–Crippen MR) is 121 cm³/mol. The first-order valence-corrected chi connectivity index (χ1v) is 9.71. The smallest absolute Gasteiger partial charge is 0.193 e. The van der Waals surface area contributed by atoms with Crippen LogP contribution >= 0.6 is 0 Å². The summed E-state index contributed by atoms with van der Waals surface area (Å²) in [5, 5.41) is 40.6. The highest BCUT2D eigenvalue weighted by Crippen LogP contribution is 2.40. The van der Waals surface area contributed by atoms with Crippen molar-refractivity contribution in [3.05, 3.63) is 70.8 Å². The molecule has 31 heavy (non-hydrogen) atoms. The van der Waals surface area contributed by atoms with E-state index >= 15 is 0 Å². The zero-order chi connectivity index (χ0) is 23.3. The van der Waals surface area contributed by atoms with Gasteiger partial charge in [-0.3, -0.25) is 4.79 Å². The second-order valence-electron chi connectivity index (χ2n) is 7.64. The van der Waals surface area contributed by atoms with Gasteiger partial charge in [0.1, 0.15) is 34.3 Å². The fraction of sp³-hybridized carbons (Fsp3) is 0.240. The van der Waals surface area contributed by atoms with Crippen molar-refractivity contribution in [2.24, 2.45) is 5.92 Å². The summed E-state index contributed by atoms with van der Waals surface area (Å²) in [4.78, 5) is 12.9. The van der Waals surface area contributed by atoms with Crippen LogP contribution in [0.25, 0.3) is 6.08 Å². The summed E-state index contributed by atoms with van der Waals surface area (Å²) in [6, 6.07) is 5.28. The Bertz CT molecular complexity index is 1060. The number of phenols is 4. The highest BCUT2D eigenvalue weighted by atomic mass is 16.5. The van der Waals surface area contributed by atoms with Gasteiger partial charge >= 0.3 is 0 Å². The number of ketones is 1. The Morgan fingerprint density at radius 3 is 2.32 bits per heavy atom. The molecule has 0 aliphatic rings. The molecule has 0 spiro atoms. The lowest BCUT2D eigenvalue weighted by Gasteiger charge is -2.18. The van der Waals surface area contributed by atoms with Gasteiger partial charge in [-0.1, -0.05) is 23.8 Å². The Balaban J connectivity index is 2.50. The van der Waals surface area contributed by atoms with E-state index in [-0.39, 0.29) is 52.2 Å². The van der Waals surface area contributed by atoms with Crippen LogP contribution in [0.1, 0.15) is 42.3 Å². The highest BCUT2D eigenvalue weighted by molar-refractivity contribution is 6.11. The highest BCUT2D eigenvalue weighted by Gasteiger charge is 2.24. The van der Waals surface area contributed by atoms with Gasteiger partial charge in [0.15, 0.2) is 5.78 Å². The van der Waals surface area contributed by atoms with Crippen molar-refractivity contribution in [2.75, 3.05) is 7.11 Å². The molecule has 0 aromatic heterocycles. The van der Waals surface area contributed by atoms with Crippen LogP contribution in [0, 0.1) is 5.92 Å². The zero-order valence-electron chi connectivity index (χ0n) is 18.1. The van der Waals surface area contributed by atoms with Gasteiger partial charge in [-0.05, 0) is 51.5 Å². The summed E-state index contributed by atoms with van der Waals surface area (Å²) in [5.41, 5.74) is 2.35. The van der Waals surface area contributed by atoms with Crippen LogP contribution in [-0.2, 0) is 6.42 Å². The van der Waals surface area contributed by atoms with E-state index in [0.717, 1.165) is 17.2 Å². The number of ether oxygens (including phenoxy) is 1. The Hall–Kier alpha value is -3.67. The fourth-order valence-corrected chi connectivity index (χ4v) is 3.19. The van der Waals surface area contributed by atoms with Crippen LogP contribution in [0.3, 0.4) is 0 Å². The maximum atomic E-state index is 12.9. The van der Waals surface area contributed by atoms with Gasteiger partial charge in [-0.15, -0.1) is 0 Å². The molecule has 0 fully saturated rings. The number of hydrogen-bond acceptors (Lipinski definition) is 6. The molecule has 2 aromatic rings. The van der Waals surface area contributed by atoms with Crippen molar-refractivity contribution in [3.63, 3.8) is 0 Å². The molecule has 2 aromatic carbocycles. The molecule has 164 valence electrons. The second-order valence-corrected chi connectivity index (χ2v) is 7.64. The molecule has 0 saturated carbocycles. The predicted octanol–water partition coefficient (Wildman–Crippen LogP) is 5.11. The van der Waals surface area contributed by atoms with Crippen LogP contribution in [0.4, 0.5) is 0 Å². The zero-order valence-corrected chi connectivity index (χ0v) is 18.1. The Morgan fingerprint density at radius 1 is 1.10 bits per heavy atom. The summed E-state index contributed by atoms with van der Waals surface area (Å²) < 4.78 is 5.20. The minimum Gasteiger partial charge on any atom is -0.508 e. The molecule has 0 radical (unpaired) electrons. The third-order valence-electron chi connectivity index (χ3n) is 4.83. The van der Waals surface area contributed by atoms with Crippen molar-refractivity contribution >= 4 is 11.9 Å². The van der Waals surface area contributed by atoms with Gasteiger partial charge in [-0.2, -0.15) is 0 Å². The molecular weight excluding hydrogens is 396 g/mol. The van der Waals surface area contributed by atoms with E-state index < -0.39 is 5.78 Å². The number of methoxy groups -OCH3 is 1. The van der Waals surface area contributed by atoms with Crippen molar-refractivity contribution in [2.45, 2.75) is 27.2 Å². The summed E-state index contributed by atoms with van der Waals surface area (Å²) in [6.07, 6.45) is 4.78.